The molecule has 17 heavy (non-hydrogen) atoms. The van der Waals surface area contributed by atoms with Crippen molar-refractivity contribution in [3.05, 3.63) is 23.3 Å². The highest BCUT2D eigenvalue weighted by Crippen LogP contribution is 2.36. The Bertz CT molecular complexity index is 392. The number of methoxy groups -OCH3 is 1. The van der Waals surface area contributed by atoms with E-state index in [1.165, 1.54) is 0 Å². The Balaban J connectivity index is 3.28. The predicted molar refractivity (Wildman–Crippen MR) is 70.7 cm³/mol. The minimum Gasteiger partial charge on any atom is -0.504 e. The van der Waals surface area contributed by atoms with Gasteiger partial charge in [-0.3, -0.25) is 0 Å². The van der Waals surface area contributed by atoms with Crippen LogP contribution in [0, 0.1) is 0 Å². The van der Waals surface area contributed by atoms with E-state index in [9.17, 15) is 5.11 Å². The van der Waals surface area contributed by atoms with Gasteiger partial charge in [-0.2, -0.15) is 0 Å². The van der Waals surface area contributed by atoms with Crippen LogP contribution in [0.2, 0.25) is 0 Å². The van der Waals surface area contributed by atoms with Crippen molar-refractivity contribution in [1.29, 1.82) is 0 Å². The van der Waals surface area contributed by atoms with Gasteiger partial charge in [0, 0.05) is 6.04 Å². The van der Waals surface area contributed by atoms with Gasteiger partial charge < -0.3 is 15.6 Å². The SMILES string of the molecule is COc1cc(C(C)(C)C)cc(CC(C)N)c1O. The molecule has 3 N–H and O–H groups in total. The first-order valence-corrected chi connectivity index (χ1v) is 5.91. The lowest BCUT2D eigenvalue weighted by molar-refractivity contribution is 0.368. The summed E-state index contributed by atoms with van der Waals surface area (Å²) in [6.07, 6.45) is 0.645. The van der Waals surface area contributed by atoms with Crippen molar-refractivity contribution in [1.82, 2.24) is 0 Å². The molecule has 0 spiro atoms. The van der Waals surface area contributed by atoms with Crippen molar-refractivity contribution in [2.45, 2.75) is 45.6 Å². The maximum atomic E-state index is 10.0. The summed E-state index contributed by atoms with van der Waals surface area (Å²) in [4.78, 5) is 0. The summed E-state index contributed by atoms with van der Waals surface area (Å²) in [5.74, 6) is 0.728. The average molecular weight is 237 g/mol. The fraction of sp³-hybridized carbons (Fsp3) is 0.571. The van der Waals surface area contributed by atoms with Crippen LogP contribution in [0.5, 0.6) is 11.5 Å². The normalized spacial score (nSPS) is 13.5. The van der Waals surface area contributed by atoms with Crippen LogP contribution in [-0.4, -0.2) is 18.3 Å². The molecule has 1 rings (SSSR count). The van der Waals surface area contributed by atoms with Crippen molar-refractivity contribution < 1.29 is 9.84 Å². The molecule has 1 aromatic carbocycles. The van der Waals surface area contributed by atoms with E-state index in [2.05, 4.69) is 20.8 Å². The molecule has 0 aliphatic rings. The summed E-state index contributed by atoms with van der Waals surface area (Å²) >= 11 is 0. The van der Waals surface area contributed by atoms with E-state index in [1.807, 2.05) is 19.1 Å². The summed E-state index contributed by atoms with van der Waals surface area (Å²) < 4.78 is 5.21. The summed E-state index contributed by atoms with van der Waals surface area (Å²) in [6.45, 7) is 8.33. The van der Waals surface area contributed by atoms with E-state index in [0.29, 0.717) is 12.2 Å². The second kappa shape index (κ2) is 4.96. The van der Waals surface area contributed by atoms with Gasteiger partial charge in [0.1, 0.15) is 0 Å². The van der Waals surface area contributed by atoms with Gasteiger partial charge in [0.15, 0.2) is 11.5 Å². The van der Waals surface area contributed by atoms with E-state index < -0.39 is 0 Å². The Morgan fingerprint density at radius 1 is 1.35 bits per heavy atom. The molecule has 0 radical (unpaired) electrons. The lowest BCUT2D eigenvalue weighted by atomic mass is 9.85. The Labute approximate surface area is 104 Å². The molecule has 1 unspecified atom stereocenters. The van der Waals surface area contributed by atoms with Gasteiger partial charge in [-0.1, -0.05) is 26.8 Å². The van der Waals surface area contributed by atoms with E-state index in [1.54, 1.807) is 7.11 Å². The van der Waals surface area contributed by atoms with Gasteiger partial charge in [0.2, 0.25) is 0 Å². The third kappa shape index (κ3) is 3.37. The Morgan fingerprint density at radius 2 is 1.94 bits per heavy atom. The van der Waals surface area contributed by atoms with Crippen molar-refractivity contribution in [2.75, 3.05) is 7.11 Å². The fourth-order valence-electron chi connectivity index (χ4n) is 1.76. The number of phenolic OH excluding ortho intramolecular Hbond substituents is 1. The highest BCUT2D eigenvalue weighted by atomic mass is 16.5. The fourth-order valence-corrected chi connectivity index (χ4v) is 1.76. The molecule has 0 aromatic heterocycles. The average Bonchev–Trinajstić information content (AvgIpc) is 2.18. The lowest BCUT2D eigenvalue weighted by Gasteiger charge is -2.22. The Kier molecular flexibility index (Phi) is 4.04. The minimum absolute atomic E-state index is 0.0147. The molecule has 0 aliphatic carbocycles. The molecule has 0 fully saturated rings. The highest BCUT2D eigenvalue weighted by molar-refractivity contribution is 5.50. The molecule has 3 heteroatoms. The molecular weight excluding hydrogens is 214 g/mol. The van der Waals surface area contributed by atoms with Crippen LogP contribution in [0.1, 0.15) is 38.8 Å². The number of benzene rings is 1. The van der Waals surface area contributed by atoms with Crippen molar-refractivity contribution in [3.63, 3.8) is 0 Å². The van der Waals surface area contributed by atoms with E-state index in [4.69, 9.17) is 10.5 Å². The van der Waals surface area contributed by atoms with E-state index in [0.717, 1.165) is 11.1 Å². The van der Waals surface area contributed by atoms with E-state index in [-0.39, 0.29) is 17.2 Å². The van der Waals surface area contributed by atoms with E-state index >= 15 is 0 Å². The van der Waals surface area contributed by atoms with Crippen LogP contribution in [0.3, 0.4) is 0 Å². The first kappa shape index (κ1) is 13.8. The molecular formula is C14H23NO2. The molecule has 0 saturated heterocycles. The zero-order valence-corrected chi connectivity index (χ0v) is 11.4. The van der Waals surface area contributed by atoms with Crippen LogP contribution >= 0.6 is 0 Å². The number of nitrogens with two attached hydrogens (primary N) is 1. The summed E-state index contributed by atoms with van der Waals surface area (Å²) in [7, 11) is 1.57. The minimum atomic E-state index is 0.0147. The standard InChI is InChI=1S/C14H23NO2/c1-9(15)6-10-7-11(14(2,3)4)8-12(17-5)13(10)16/h7-9,16H,6,15H2,1-5H3. The van der Waals surface area contributed by atoms with Gasteiger partial charge >= 0.3 is 0 Å². The Hall–Kier alpha value is -1.22. The van der Waals surface area contributed by atoms with Crippen molar-refractivity contribution in [2.24, 2.45) is 5.73 Å². The number of rotatable bonds is 3. The molecule has 0 amide bonds. The number of hydrogen-bond acceptors (Lipinski definition) is 3. The third-order valence-corrected chi connectivity index (χ3v) is 2.78. The summed E-state index contributed by atoms with van der Waals surface area (Å²) in [5, 5.41) is 10.0. The van der Waals surface area contributed by atoms with Gasteiger partial charge in [0.05, 0.1) is 7.11 Å². The largest absolute Gasteiger partial charge is 0.504 e. The first-order valence-electron chi connectivity index (χ1n) is 5.91. The van der Waals surface area contributed by atoms with Crippen LogP contribution in [-0.2, 0) is 11.8 Å². The van der Waals surface area contributed by atoms with Crippen LogP contribution in [0.4, 0.5) is 0 Å². The maximum Gasteiger partial charge on any atom is 0.161 e. The van der Waals surface area contributed by atoms with Crippen LogP contribution in [0.15, 0.2) is 12.1 Å². The summed E-state index contributed by atoms with van der Waals surface area (Å²) in [6, 6.07) is 3.92. The molecule has 0 aliphatic heterocycles. The molecule has 1 atom stereocenters. The van der Waals surface area contributed by atoms with Crippen LogP contribution in [0.25, 0.3) is 0 Å². The van der Waals surface area contributed by atoms with Gasteiger partial charge in [-0.25, -0.2) is 0 Å². The lowest BCUT2D eigenvalue weighted by Crippen LogP contribution is -2.19. The quantitative estimate of drug-likeness (QED) is 0.849. The topological polar surface area (TPSA) is 55.5 Å². The maximum absolute atomic E-state index is 10.0. The summed E-state index contributed by atoms with van der Waals surface area (Å²) in [5.41, 5.74) is 7.81. The monoisotopic (exact) mass is 237 g/mol. The molecule has 0 heterocycles. The molecule has 0 saturated carbocycles. The third-order valence-electron chi connectivity index (χ3n) is 2.78. The number of aromatic hydroxyl groups is 1. The number of ether oxygens (including phenoxy) is 1. The highest BCUT2D eigenvalue weighted by Gasteiger charge is 2.19. The number of phenols is 1. The van der Waals surface area contributed by atoms with Crippen LogP contribution < -0.4 is 10.5 Å². The second-order valence-corrected chi connectivity index (χ2v) is 5.62. The first-order chi connectivity index (χ1) is 7.75. The molecule has 1 aromatic rings. The molecule has 0 bridgehead atoms. The zero-order valence-electron chi connectivity index (χ0n) is 11.4. The Morgan fingerprint density at radius 3 is 2.35 bits per heavy atom. The smallest absolute Gasteiger partial charge is 0.161 e. The molecule has 3 nitrogen and oxygen atoms in total. The number of hydrogen-bond donors (Lipinski definition) is 2. The van der Waals surface area contributed by atoms with Crippen molar-refractivity contribution >= 4 is 0 Å². The zero-order chi connectivity index (χ0) is 13.2. The molecule has 96 valence electrons. The predicted octanol–water partition coefficient (Wildman–Crippen LogP) is 2.59. The van der Waals surface area contributed by atoms with Gasteiger partial charge in [-0.05, 0) is 36.0 Å². The second-order valence-electron chi connectivity index (χ2n) is 5.62. The van der Waals surface area contributed by atoms with Gasteiger partial charge in [-0.15, -0.1) is 0 Å². The van der Waals surface area contributed by atoms with Crippen molar-refractivity contribution in [3.8, 4) is 11.5 Å². The van der Waals surface area contributed by atoms with Gasteiger partial charge in [0.25, 0.3) is 0 Å².